The average Bonchev–Trinajstić information content (AvgIpc) is 2.27. The molecule has 3 nitrogen and oxygen atoms in total. The molecule has 0 aliphatic heterocycles. The van der Waals surface area contributed by atoms with E-state index in [-0.39, 0.29) is 0 Å². The lowest BCUT2D eigenvalue weighted by Crippen LogP contribution is -1.89. The van der Waals surface area contributed by atoms with Gasteiger partial charge in [0.2, 0.25) is 0 Å². The van der Waals surface area contributed by atoms with Gasteiger partial charge in [-0.1, -0.05) is 0 Å². The number of benzene rings is 1. The maximum Gasteiger partial charge on any atom is 0.150 e. The molecule has 0 radical (unpaired) electrons. The molecular weight excluding hydrogens is 178 g/mol. The predicted molar refractivity (Wildman–Crippen MR) is 53.7 cm³/mol. The minimum atomic E-state index is 0.656. The van der Waals surface area contributed by atoms with E-state index in [0.29, 0.717) is 5.56 Å². The van der Waals surface area contributed by atoms with Crippen molar-refractivity contribution >= 4 is 17.1 Å². The molecule has 1 aromatic carbocycles. The molecule has 2 rings (SSSR count). The fourth-order valence-corrected chi connectivity index (χ4v) is 1.47. The number of carbonyl (C=O) groups excluding carboxylic acids is 1. The van der Waals surface area contributed by atoms with Crippen molar-refractivity contribution in [2.45, 2.75) is 0 Å². The SMILES string of the molecule is COc1ccc(C=O)c2ccncc12. The number of hydrogen-bond acceptors (Lipinski definition) is 3. The second kappa shape index (κ2) is 3.46. The minimum Gasteiger partial charge on any atom is -0.496 e. The van der Waals surface area contributed by atoms with Gasteiger partial charge in [0.25, 0.3) is 0 Å². The van der Waals surface area contributed by atoms with E-state index < -0.39 is 0 Å². The Morgan fingerprint density at radius 3 is 2.86 bits per heavy atom. The number of methoxy groups -OCH3 is 1. The third-order valence-electron chi connectivity index (χ3n) is 2.16. The lowest BCUT2D eigenvalue weighted by molar-refractivity contribution is 0.112. The molecule has 1 heterocycles. The van der Waals surface area contributed by atoms with Crippen LogP contribution in [0.15, 0.2) is 30.6 Å². The first-order valence-electron chi connectivity index (χ1n) is 4.22. The van der Waals surface area contributed by atoms with Gasteiger partial charge in [-0.25, -0.2) is 0 Å². The summed E-state index contributed by atoms with van der Waals surface area (Å²) in [7, 11) is 1.60. The normalized spacial score (nSPS) is 10.1. The van der Waals surface area contributed by atoms with Crippen LogP contribution in [0.2, 0.25) is 0 Å². The highest BCUT2D eigenvalue weighted by molar-refractivity contribution is 6.00. The fourth-order valence-electron chi connectivity index (χ4n) is 1.47. The maximum absolute atomic E-state index is 10.8. The number of aldehydes is 1. The van der Waals surface area contributed by atoms with Gasteiger partial charge in [0.1, 0.15) is 5.75 Å². The molecule has 0 fully saturated rings. The molecule has 0 unspecified atom stereocenters. The molecule has 0 amide bonds. The first kappa shape index (κ1) is 8.69. The highest BCUT2D eigenvalue weighted by Gasteiger charge is 2.04. The van der Waals surface area contributed by atoms with Crippen LogP contribution < -0.4 is 4.74 Å². The largest absolute Gasteiger partial charge is 0.496 e. The quantitative estimate of drug-likeness (QED) is 0.675. The third-order valence-corrected chi connectivity index (χ3v) is 2.16. The molecule has 0 N–H and O–H groups in total. The molecule has 2 aromatic rings. The average molecular weight is 187 g/mol. The zero-order valence-electron chi connectivity index (χ0n) is 7.73. The standard InChI is InChI=1S/C11H9NO2/c1-14-11-3-2-8(7-13)9-4-5-12-6-10(9)11/h2-7H,1H3. The lowest BCUT2D eigenvalue weighted by Gasteiger charge is -2.05. The van der Waals surface area contributed by atoms with Gasteiger partial charge in [0.05, 0.1) is 7.11 Å². The van der Waals surface area contributed by atoms with Crippen LogP contribution in [-0.4, -0.2) is 18.4 Å². The van der Waals surface area contributed by atoms with E-state index in [9.17, 15) is 4.79 Å². The van der Waals surface area contributed by atoms with Crippen LogP contribution >= 0.6 is 0 Å². The molecule has 0 aliphatic rings. The monoisotopic (exact) mass is 187 g/mol. The molecule has 14 heavy (non-hydrogen) atoms. The van der Waals surface area contributed by atoms with Gasteiger partial charge in [0.15, 0.2) is 6.29 Å². The van der Waals surface area contributed by atoms with E-state index in [1.54, 1.807) is 31.6 Å². The van der Waals surface area contributed by atoms with Gasteiger partial charge in [-0.2, -0.15) is 0 Å². The van der Waals surface area contributed by atoms with Gasteiger partial charge < -0.3 is 4.74 Å². The number of fused-ring (bicyclic) bond motifs is 1. The Bertz CT molecular complexity index is 480. The van der Waals surface area contributed by atoms with E-state index in [1.165, 1.54) is 0 Å². The van der Waals surface area contributed by atoms with Crippen molar-refractivity contribution in [1.82, 2.24) is 4.98 Å². The summed E-state index contributed by atoms with van der Waals surface area (Å²) >= 11 is 0. The van der Waals surface area contributed by atoms with Crippen LogP contribution in [0, 0.1) is 0 Å². The van der Waals surface area contributed by atoms with Gasteiger partial charge >= 0.3 is 0 Å². The Labute approximate surface area is 81.3 Å². The topological polar surface area (TPSA) is 39.2 Å². The molecule has 0 spiro atoms. The third kappa shape index (κ3) is 1.23. The summed E-state index contributed by atoms with van der Waals surface area (Å²) in [6, 6.07) is 5.32. The number of nitrogens with zero attached hydrogens (tertiary/aromatic N) is 1. The Morgan fingerprint density at radius 2 is 2.14 bits per heavy atom. The van der Waals surface area contributed by atoms with Gasteiger partial charge in [-0.3, -0.25) is 9.78 Å². The molecule has 1 aromatic heterocycles. The summed E-state index contributed by atoms with van der Waals surface area (Å²) in [6.07, 6.45) is 4.19. The Hall–Kier alpha value is -1.90. The van der Waals surface area contributed by atoms with Gasteiger partial charge in [0, 0.05) is 23.3 Å². The van der Waals surface area contributed by atoms with Crippen LogP contribution in [0.1, 0.15) is 10.4 Å². The Kier molecular flexibility index (Phi) is 2.14. The number of aromatic nitrogens is 1. The number of carbonyl (C=O) groups is 1. The van der Waals surface area contributed by atoms with Gasteiger partial charge in [-0.15, -0.1) is 0 Å². The van der Waals surface area contributed by atoms with Crippen molar-refractivity contribution in [3.63, 3.8) is 0 Å². The molecule has 0 aliphatic carbocycles. The summed E-state index contributed by atoms with van der Waals surface area (Å²) in [4.78, 5) is 14.8. The fraction of sp³-hybridized carbons (Fsp3) is 0.0909. The van der Waals surface area contributed by atoms with Crippen molar-refractivity contribution in [1.29, 1.82) is 0 Å². The van der Waals surface area contributed by atoms with E-state index in [2.05, 4.69) is 4.98 Å². The molecule has 0 saturated carbocycles. The zero-order chi connectivity index (χ0) is 9.97. The highest BCUT2D eigenvalue weighted by atomic mass is 16.5. The maximum atomic E-state index is 10.8. The van der Waals surface area contributed by atoms with Gasteiger partial charge in [-0.05, 0) is 23.6 Å². The minimum absolute atomic E-state index is 0.656. The second-order valence-electron chi connectivity index (χ2n) is 2.90. The summed E-state index contributed by atoms with van der Waals surface area (Å²) in [5, 5.41) is 1.73. The Morgan fingerprint density at radius 1 is 1.29 bits per heavy atom. The molecule has 0 atom stereocenters. The number of ether oxygens (including phenoxy) is 1. The highest BCUT2D eigenvalue weighted by Crippen LogP contribution is 2.26. The van der Waals surface area contributed by atoms with Crippen molar-refractivity contribution in [3.8, 4) is 5.75 Å². The number of pyridine rings is 1. The van der Waals surface area contributed by atoms with Crippen LogP contribution in [-0.2, 0) is 0 Å². The smallest absolute Gasteiger partial charge is 0.150 e. The van der Waals surface area contributed by atoms with Crippen molar-refractivity contribution in [3.05, 3.63) is 36.2 Å². The number of hydrogen-bond donors (Lipinski definition) is 0. The second-order valence-corrected chi connectivity index (χ2v) is 2.90. The predicted octanol–water partition coefficient (Wildman–Crippen LogP) is 2.06. The zero-order valence-corrected chi connectivity index (χ0v) is 7.73. The van der Waals surface area contributed by atoms with Crippen LogP contribution in [0.5, 0.6) is 5.75 Å². The Balaban J connectivity index is 2.84. The van der Waals surface area contributed by atoms with Crippen LogP contribution in [0.3, 0.4) is 0 Å². The van der Waals surface area contributed by atoms with Crippen molar-refractivity contribution in [2.24, 2.45) is 0 Å². The van der Waals surface area contributed by atoms with Crippen LogP contribution in [0.25, 0.3) is 10.8 Å². The van der Waals surface area contributed by atoms with Crippen molar-refractivity contribution < 1.29 is 9.53 Å². The van der Waals surface area contributed by atoms with E-state index in [1.807, 2.05) is 6.07 Å². The summed E-state index contributed by atoms with van der Waals surface area (Å²) in [5.74, 6) is 0.735. The molecule has 0 bridgehead atoms. The van der Waals surface area contributed by atoms with E-state index in [4.69, 9.17) is 4.74 Å². The summed E-state index contributed by atoms with van der Waals surface area (Å²) in [6.45, 7) is 0. The van der Waals surface area contributed by atoms with Crippen LogP contribution in [0.4, 0.5) is 0 Å². The van der Waals surface area contributed by atoms with Crippen molar-refractivity contribution in [2.75, 3.05) is 7.11 Å². The molecule has 0 saturated heterocycles. The van der Waals surface area contributed by atoms with E-state index in [0.717, 1.165) is 22.8 Å². The molecule has 3 heteroatoms. The first-order valence-corrected chi connectivity index (χ1v) is 4.22. The summed E-state index contributed by atoms with van der Waals surface area (Å²) < 4.78 is 5.17. The molecular formula is C11H9NO2. The van der Waals surface area contributed by atoms with E-state index >= 15 is 0 Å². The summed E-state index contributed by atoms with van der Waals surface area (Å²) in [5.41, 5.74) is 0.656. The number of rotatable bonds is 2. The lowest BCUT2D eigenvalue weighted by atomic mass is 10.1. The molecule has 70 valence electrons. The first-order chi connectivity index (χ1) is 6.86.